The minimum atomic E-state index is 0.855. The van der Waals surface area contributed by atoms with Crippen LogP contribution < -0.4 is 5.32 Å². The highest BCUT2D eigenvalue weighted by atomic mass is 32.1. The first-order valence-corrected chi connectivity index (χ1v) is 4.35. The van der Waals surface area contributed by atoms with E-state index in [-0.39, 0.29) is 0 Å². The van der Waals surface area contributed by atoms with Gasteiger partial charge in [-0.2, -0.15) is 12.6 Å². The van der Waals surface area contributed by atoms with Gasteiger partial charge in [-0.3, -0.25) is 0 Å². The molecule has 0 radical (unpaired) electrons. The van der Waals surface area contributed by atoms with Gasteiger partial charge in [-0.1, -0.05) is 0 Å². The molecule has 0 aliphatic carbocycles. The summed E-state index contributed by atoms with van der Waals surface area (Å²) in [5.41, 5.74) is 0. The van der Waals surface area contributed by atoms with Crippen LogP contribution in [0.25, 0.3) is 0 Å². The molecule has 0 unspecified atom stereocenters. The Labute approximate surface area is 68.7 Å². The second kappa shape index (κ2) is 9.27. The number of rotatable bonds is 7. The van der Waals surface area contributed by atoms with Gasteiger partial charge < -0.3 is 10.1 Å². The molecule has 0 aromatic carbocycles. The molecule has 10 heavy (non-hydrogen) atoms. The second-order valence-electron chi connectivity index (χ2n) is 2.17. The first-order chi connectivity index (χ1) is 4.91. The van der Waals surface area contributed by atoms with Crippen molar-refractivity contribution in [1.82, 2.24) is 5.32 Å². The summed E-state index contributed by atoms with van der Waals surface area (Å²) >= 11 is 4.10. The van der Waals surface area contributed by atoms with E-state index in [0.29, 0.717) is 0 Å². The minimum absolute atomic E-state index is 0.855. The van der Waals surface area contributed by atoms with Gasteiger partial charge in [-0.15, -0.1) is 0 Å². The fourth-order valence-electron chi connectivity index (χ4n) is 0.671. The molecule has 0 atom stereocenters. The molecule has 0 saturated carbocycles. The van der Waals surface area contributed by atoms with E-state index in [1.807, 2.05) is 0 Å². The van der Waals surface area contributed by atoms with E-state index in [2.05, 4.69) is 17.9 Å². The van der Waals surface area contributed by atoms with Crippen LogP contribution in [0.1, 0.15) is 12.8 Å². The zero-order valence-corrected chi connectivity index (χ0v) is 7.49. The van der Waals surface area contributed by atoms with Gasteiger partial charge in [0.05, 0.1) is 0 Å². The first-order valence-electron chi connectivity index (χ1n) is 3.72. The van der Waals surface area contributed by atoms with Gasteiger partial charge in [-0.05, 0) is 31.7 Å². The van der Waals surface area contributed by atoms with Crippen molar-refractivity contribution in [3.8, 4) is 0 Å². The first kappa shape index (κ1) is 10.3. The van der Waals surface area contributed by atoms with Crippen LogP contribution in [0.2, 0.25) is 0 Å². The summed E-state index contributed by atoms with van der Waals surface area (Å²) < 4.78 is 4.89. The topological polar surface area (TPSA) is 21.3 Å². The minimum Gasteiger partial charge on any atom is -0.385 e. The van der Waals surface area contributed by atoms with Gasteiger partial charge in [0.25, 0.3) is 0 Å². The number of nitrogens with one attached hydrogen (secondary N) is 1. The predicted octanol–water partition coefficient (Wildman–Crippen LogP) is 0.932. The van der Waals surface area contributed by atoms with Crippen LogP contribution in [0.15, 0.2) is 0 Å². The van der Waals surface area contributed by atoms with Gasteiger partial charge in [0.2, 0.25) is 0 Å². The highest BCUT2D eigenvalue weighted by Gasteiger charge is 1.85. The van der Waals surface area contributed by atoms with Crippen molar-refractivity contribution < 1.29 is 4.74 Å². The molecular weight excluding hydrogens is 146 g/mol. The van der Waals surface area contributed by atoms with Crippen LogP contribution in [-0.4, -0.2) is 32.6 Å². The van der Waals surface area contributed by atoms with Crippen molar-refractivity contribution >= 4 is 12.6 Å². The van der Waals surface area contributed by atoms with E-state index < -0.39 is 0 Å². The number of ether oxygens (including phenoxy) is 1. The predicted molar refractivity (Wildman–Crippen MR) is 47.8 cm³/mol. The third-order valence-electron chi connectivity index (χ3n) is 1.21. The van der Waals surface area contributed by atoms with Crippen LogP contribution in [0.3, 0.4) is 0 Å². The molecule has 0 rings (SSSR count). The summed E-state index contributed by atoms with van der Waals surface area (Å²) in [4.78, 5) is 0. The summed E-state index contributed by atoms with van der Waals surface area (Å²) in [6, 6.07) is 0. The van der Waals surface area contributed by atoms with Crippen molar-refractivity contribution in [2.45, 2.75) is 12.8 Å². The molecule has 0 aliphatic heterocycles. The lowest BCUT2D eigenvalue weighted by Crippen LogP contribution is -2.18. The Bertz CT molecular complexity index is 53.6. The molecule has 62 valence electrons. The molecular formula is C7H17NOS. The van der Waals surface area contributed by atoms with Gasteiger partial charge in [0.1, 0.15) is 0 Å². The lowest BCUT2D eigenvalue weighted by Gasteiger charge is -2.01. The highest BCUT2D eigenvalue weighted by Crippen LogP contribution is 1.81. The van der Waals surface area contributed by atoms with E-state index in [1.54, 1.807) is 7.11 Å². The largest absolute Gasteiger partial charge is 0.385 e. The number of hydrogen-bond acceptors (Lipinski definition) is 3. The monoisotopic (exact) mass is 163 g/mol. The van der Waals surface area contributed by atoms with Crippen molar-refractivity contribution in [3.05, 3.63) is 0 Å². The summed E-state index contributed by atoms with van der Waals surface area (Å²) in [6.07, 6.45) is 2.25. The van der Waals surface area contributed by atoms with Gasteiger partial charge in [0.15, 0.2) is 0 Å². The Morgan fingerprint density at radius 2 is 2.00 bits per heavy atom. The second-order valence-corrected chi connectivity index (χ2v) is 2.62. The van der Waals surface area contributed by atoms with E-state index in [9.17, 15) is 0 Å². The maximum atomic E-state index is 4.89. The average Bonchev–Trinajstić information content (AvgIpc) is 1.97. The standard InChI is InChI=1S/C7H17NOS/c1-9-6-2-4-8-5-3-7-10/h8,10H,2-7H2,1H3. The summed E-state index contributed by atoms with van der Waals surface area (Å²) in [6.45, 7) is 2.99. The Morgan fingerprint density at radius 3 is 2.60 bits per heavy atom. The lowest BCUT2D eigenvalue weighted by atomic mass is 10.4. The maximum Gasteiger partial charge on any atom is 0.0474 e. The third-order valence-corrected chi connectivity index (χ3v) is 1.53. The van der Waals surface area contributed by atoms with Gasteiger partial charge >= 0.3 is 0 Å². The molecule has 0 saturated heterocycles. The molecule has 2 nitrogen and oxygen atoms in total. The average molecular weight is 163 g/mol. The molecule has 0 amide bonds. The van der Waals surface area contributed by atoms with E-state index in [1.165, 1.54) is 0 Å². The van der Waals surface area contributed by atoms with E-state index >= 15 is 0 Å². The van der Waals surface area contributed by atoms with Crippen molar-refractivity contribution in [1.29, 1.82) is 0 Å². The Kier molecular flexibility index (Phi) is 9.52. The van der Waals surface area contributed by atoms with E-state index in [0.717, 1.165) is 38.3 Å². The van der Waals surface area contributed by atoms with Gasteiger partial charge in [-0.25, -0.2) is 0 Å². The molecule has 0 fully saturated rings. The SMILES string of the molecule is COCCCNCCCS. The van der Waals surface area contributed by atoms with Crippen LogP contribution in [0.5, 0.6) is 0 Å². The Morgan fingerprint density at radius 1 is 1.30 bits per heavy atom. The quantitative estimate of drug-likeness (QED) is 0.430. The Hall–Kier alpha value is 0.270. The van der Waals surface area contributed by atoms with Crippen LogP contribution >= 0.6 is 12.6 Å². The van der Waals surface area contributed by atoms with Crippen molar-refractivity contribution in [3.63, 3.8) is 0 Å². The third kappa shape index (κ3) is 8.27. The molecule has 0 aliphatic rings. The number of thiol groups is 1. The summed E-state index contributed by atoms with van der Waals surface area (Å²) in [7, 11) is 1.73. The number of methoxy groups -OCH3 is 1. The molecule has 0 aromatic rings. The van der Waals surface area contributed by atoms with Crippen molar-refractivity contribution in [2.24, 2.45) is 0 Å². The van der Waals surface area contributed by atoms with Gasteiger partial charge in [0, 0.05) is 13.7 Å². The molecule has 0 aromatic heterocycles. The van der Waals surface area contributed by atoms with Crippen LogP contribution in [-0.2, 0) is 4.74 Å². The zero-order chi connectivity index (χ0) is 7.66. The number of hydrogen-bond donors (Lipinski definition) is 2. The van der Waals surface area contributed by atoms with E-state index in [4.69, 9.17) is 4.74 Å². The summed E-state index contributed by atoms with van der Waals surface area (Å²) in [5, 5.41) is 3.29. The zero-order valence-electron chi connectivity index (χ0n) is 6.60. The fraction of sp³-hybridized carbons (Fsp3) is 1.00. The lowest BCUT2D eigenvalue weighted by molar-refractivity contribution is 0.194. The van der Waals surface area contributed by atoms with Crippen molar-refractivity contribution in [2.75, 3.05) is 32.6 Å². The molecule has 3 heteroatoms. The molecule has 0 spiro atoms. The molecule has 0 heterocycles. The maximum absolute atomic E-state index is 4.89. The normalized spacial score (nSPS) is 10.2. The molecule has 0 bridgehead atoms. The Balaban J connectivity index is 2.65. The van der Waals surface area contributed by atoms with Crippen LogP contribution in [0.4, 0.5) is 0 Å². The molecule has 1 N–H and O–H groups in total. The van der Waals surface area contributed by atoms with Crippen LogP contribution in [0, 0.1) is 0 Å². The highest BCUT2D eigenvalue weighted by molar-refractivity contribution is 7.80. The smallest absolute Gasteiger partial charge is 0.0474 e. The summed E-state index contributed by atoms with van der Waals surface area (Å²) in [5.74, 6) is 0.970. The fourth-order valence-corrected chi connectivity index (χ4v) is 0.829.